The molecule has 0 N–H and O–H groups in total. The second-order valence-corrected chi connectivity index (χ2v) is 8.86. The number of ether oxygens (including phenoxy) is 1. The Balaban J connectivity index is 1.84. The maximum absolute atomic E-state index is 13.0. The number of benzene rings is 2. The number of halogens is 1. The average molecular weight is 394 g/mol. The van der Waals surface area contributed by atoms with Crippen LogP contribution in [0, 0.1) is 6.92 Å². The summed E-state index contributed by atoms with van der Waals surface area (Å²) in [6.45, 7) is 3.09. The van der Waals surface area contributed by atoms with E-state index in [0.29, 0.717) is 30.3 Å². The molecule has 0 bridgehead atoms. The van der Waals surface area contributed by atoms with Crippen molar-refractivity contribution in [3.8, 4) is 0 Å². The van der Waals surface area contributed by atoms with Gasteiger partial charge in [-0.25, -0.2) is 8.42 Å². The minimum absolute atomic E-state index is 0.147. The number of nitrogens with zero attached hydrogens (tertiary/aromatic N) is 1. The third-order valence-electron chi connectivity index (χ3n) is 4.46. The Kier molecular flexibility index (Phi) is 5.37. The summed E-state index contributed by atoms with van der Waals surface area (Å²) >= 11 is 5.92. The number of rotatable bonds is 3. The van der Waals surface area contributed by atoms with Gasteiger partial charge in [0.2, 0.25) is 0 Å². The highest BCUT2D eigenvalue weighted by atomic mass is 35.5. The fraction of sp³-hybridized carbons (Fsp3) is 0.316. The molecular formula is C19H20ClNO4S. The topological polar surface area (TPSA) is 63.7 Å². The van der Waals surface area contributed by atoms with Crippen LogP contribution in [-0.4, -0.2) is 45.2 Å². The van der Waals surface area contributed by atoms with Gasteiger partial charge in [-0.2, -0.15) is 0 Å². The van der Waals surface area contributed by atoms with Crippen molar-refractivity contribution in [2.75, 3.05) is 26.0 Å². The Labute approximate surface area is 158 Å². The molecule has 5 nitrogen and oxygen atoms in total. The molecule has 1 saturated heterocycles. The Hall–Kier alpha value is -1.89. The first-order valence-corrected chi connectivity index (χ1v) is 10.5. The second kappa shape index (κ2) is 7.39. The summed E-state index contributed by atoms with van der Waals surface area (Å²) in [4.78, 5) is 14.8. The summed E-state index contributed by atoms with van der Waals surface area (Å²) in [5.74, 6) is -0.185. The molecule has 26 heavy (non-hydrogen) atoms. The van der Waals surface area contributed by atoms with Gasteiger partial charge < -0.3 is 9.64 Å². The molecule has 1 unspecified atom stereocenters. The summed E-state index contributed by atoms with van der Waals surface area (Å²) in [6.07, 6.45) is 0.903. The molecule has 0 aromatic heterocycles. The van der Waals surface area contributed by atoms with E-state index in [2.05, 4.69) is 0 Å². The number of sulfone groups is 1. The molecule has 0 spiro atoms. The van der Waals surface area contributed by atoms with Crippen LogP contribution in [-0.2, 0) is 14.6 Å². The highest BCUT2D eigenvalue weighted by Gasteiger charge is 2.27. The van der Waals surface area contributed by atoms with Gasteiger partial charge in [-0.1, -0.05) is 29.8 Å². The maximum atomic E-state index is 13.0. The number of hydrogen-bond donors (Lipinski definition) is 0. The van der Waals surface area contributed by atoms with E-state index in [1.54, 1.807) is 30.0 Å². The summed E-state index contributed by atoms with van der Waals surface area (Å²) in [6, 6.07) is 12.0. The molecule has 2 aromatic rings. The van der Waals surface area contributed by atoms with Crippen molar-refractivity contribution in [1.29, 1.82) is 0 Å². The molecule has 1 atom stereocenters. The lowest BCUT2D eigenvalue weighted by molar-refractivity contribution is -0.0228. The SMILES string of the molecule is Cc1ccc(S(C)(=O)=O)cc1C(=O)N1CCOC(c2ccc(Cl)cc2)C1. The Morgan fingerprint density at radius 1 is 1.19 bits per heavy atom. The van der Waals surface area contributed by atoms with Gasteiger partial charge in [0.1, 0.15) is 6.10 Å². The molecule has 1 aliphatic rings. The predicted molar refractivity (Wildman–Crippen MR) is 100 cm³/mol. The molecule has 7 heteroatoms. The fourth-order valence-corrected chi connectivity index (χ4v) is 3.72. The zero-order chi connectivity index (χ0) is 18.9. The van der Waals surface area contributed by atoms with Crippen LogP contribution in [0.2, 0.25) is 5.02 Å². The van der Waals surface area contributed by atoms with Crippen molar-refractivity contribution in [1.82, 2.24) is 4.90 Å². The highest BCUT2D eigenvalue weighted by molar-refractivity contribution is 7.90. The van der Waals surface area contributed by atoms with Gasteiger partial charge in [-0.3, -0.25) is 4.79 Å². The lowest BCUT2D eigenvalue weighted by Crippen LogP contribution is -2.42. The summed E-state index contributed by atoms with van der Waals surface area (Å²) in [7, 11) is -3.37. The van der Waals surface area contributed by atoms with Crippen LogP contribution >= 0.6 is 11.6 Å². The Morgan fingerprint density at radius 3 is 2.54 bits per heavy atom. The molecule has 1 aliphatic heterocycles. The van der Waals surface area contributed by atoms with E-state index in [4.69, 9.17) is 16.3 Å². The van der Waals surface area contributed by atoms with Gasteiger partial charge in [-0.15, -0.1) is 0 Å². The van der Waals surface area contributed by atoms with Crippen molar-refractivity contribution < 1.29 is 17.9 Å². The smallest absolute Gasteiger partial charge is 0.254 e. The predicted octanol–water partition coefficient (Wildman–Crippen LogP) is 3.27. The Bertz CT molecular complexity index is 925. The molecule has 0 radical (unpaired) electrons. The first-order valence-electron chi connectivity index (χ1n) is 8.23. The van der Waals surface area contributed by atoms with E-state index >= 15 is 0 Å². The van der Waals surface area contributed by atoms with Crippen LogP contribution in [0.25, 0.3) is 0 Å². The summed E-state index contributed by atoms with van der Waals surface area (Å²) in [5.41, 5.74) is 2.11. The van der Waals surface area contributed by atoms with Crippen LogP contribution in [0.5, 0.6) is 0 Å². The maximum Gasteiger partial charge on any atom is 0.254 e. The number of hydrogen-bond acceptors (Lipinski definition) is 4. The van der Waals surface area contributed by atoms with Crippen LogP contribution < -0.4 is 0 Å². The second-order valence-electron chi connectivity index (χ2n) is 6.41. The number of morpholine rings is 1. The summed E-state index contributed by atoms with van der Waals surface area (Å²) in [5, 5.41) is 0.644. The third kappa shape index (κ3) is 4.09. The van der Waals surface area contributed by atoms with Crippen molar-refractivity contribution >= 4 is 27.3 Å². The van der Waals surface area contributed by atoms with Gasteiger partial charge in [0.15, 0.2) is 9.84 Å². The highest BCUT2D eigenvalue weighted by Crippen LogP contribution is 2.26. The van der Waals surface area contributed by atoms with E-state index in [9.17, 15) is 13.2 Å². The number of amides is 1. The zero-order valence-corrected chi connectivity index (χ0v) is 16.2. The third-order valence-corrected chi connectivity index (χ3v) is 5.83. The fourth-order valence-electron chi connectivity index (χ4n) is 2.95. The first kappa shape index (κ1) is 18.9. The minimum Gasteiger partial charge on any atom is -0.370 e. The largest absolute Gasteiger partial charge is 0.370 e. The minimum atomic E-state index is -3.37. The van der Waals surface area contributed by atoms with Crippen LogP contribution in [0.15, 0.2) is 47.4 Å². The van der Waals surface area contributed by atoms with Gasteiger partial charge >= 0.3 is 0 Å². The number of carbonyl (C=O) groups excluding carboxylic acids is 1. The van der Waals surface area contributed by atoms with Crippen molar-refractivity contribution in [2.45, 2.75) is 17.9 Å². The van der Waals surface area contributed by atoms with Gasteiger partial charge in [0.25, 0.3) is 5.91 Å². The van der Waals surface area contributed by atoms with Crippen molar-refractivity contribution in [3.63, 3.8) is 0 Å². The molecule has 3 rings (SSSR count). The average Bonchev–Trinajstić information content (AvgIpc) is 2.61. The van der Waals surface area contributed by atoms with Crippen LogP contribution in [0.4, 0.5) is 0 Å². The molecule has 2 aromatic carbocycles. The van der Waals surface area contributed by atoms with Gasteiger partial charge in [-0.05, 0) is 42.3 Å². The number of carbonyl (C=O) groups is 1. The van der Waals surface area contributed by atoms with Crippen molar-refractivity contribution in [2.24, 2.45) is 0 Å². The quantitative estimate of drug-likeness (QED) is 0.802. The first-order chi connectivity index (χ1) is 12.3. The zero-order valence-electron chi connectivity index (χ0n) is 14.6. The van der Waals surface area contributed by atoms with E-state index in [0.717, 1.165) is 17.4 Å². The summed E-state index contributed by atoms with van der Waals surface area (Å²) < 4.78 is 29.4. The molecular weight excluding hydrogens is 374 g/mol. The standard InChI is InChI=1S/C19H20ClNO4S/c1-13-3-8-16(26(2,23)24)11-17(13)19(22)21-9-10-25-18(12-21)14-4-6-15(20)7-5-14/h3-8,11,18H,9-10,12H2,1-2H3. The molecule has 1 heterocycles. The van der Waals surface area contributed by atoms with E-state index < -0.39 is 9.84 Å². The van der Waals surface area contributed by atoms with E-state index in [1.165, 1.54) is 12.1 Å². The van der Waals surface area contributed by atoms with E-state index in [-0.39, 0.29) is 16.9 Å². The Morgan fingerprint density at radius 2 is 1.88 bits per heavy atom. The normalized spacial score (nSPS) is 18.0. The molecule has 1 amide bonds. The van der Waals surface area contributed by atoms with Gasteiger partial charge in [0.05, 0.1) is 18.0 Å². The molecule has 0 aliphatic carbocycles. The molecule has 1 fully saturated rings. The monoisotopic (exact) mass is 393 g/mol. The number of aryl methyl sites for hydroxylation is 1. The molecule has 138 valence electrons. The van der Waals surface area contributed by atoms with Gasteiger partial charge in [0, 0.05) is 23.4 Å². The molecule has 0 saturated carbocycles. The van der Waals surface area contributed by atoms with Crippen LogP contribution in [0.1, 0.15) is 27.6 Å². The van der Waals surface area contributed by atoms with E-state index in [1.807, 2.05) is 12.1 Å². The lowest BCUT2D eigenvalue weighted by Gasteiger charge is -2.33. The lowest BCUT2D eigenvalue weighted by atomic mass is 10.0. The van der Waals surface area contributed by atoms with Crippen molar-refractivity contribution in [3.05, 3.63) is 64.2 Å². The van der Waals surface area contributed by atoms with Crippen LogP contribution in [0.3, 0.4) is 0 Å².